The first-order chi connectivity index (χ1) is 14.1. The number of benzene rings is 2. The summed E-state index contributed by atoms with van der Waals surface area (Å²) in [7, 11) is 0. The summed E-state index contributed by atoms with van der Waals surface area (Å²) in [4.78, 5) is 34.2. The number of hydrogen-bond acceptors (Lipinski definition) is 3. The molecule has 1 aromatic heterocycles. The number of piperazine rings is 1. The van der Waals surface area contributed by atoms with Gasteiger partial charge >= 0.3 is 0 Å². The van der Waals surface area contributed by atoms with E-state index in [0.29, 0.717) is 18.2 Å². The zero-order valence-electron chi connectivity index (χ0n) is 16.6. The number of rotatable bonds is 4. The van der Waals surface area contributed by atoms with Crippen LogP contribution in [-0.4, -0.2) is 52.2 Å². The van der Waals surface area contributed by atoms with E-state index in [4.69, 9.17) is 0 Å². The summed E-state index contributed by atoms with van der Waals surface area (Å²) < 4.78 is 0. The highest BCUT2D eigenvalue weighted by molar-refractivity contribution is 6.45. The van der Waals surface area contributed by atoms with E-state index in [1.54, 1.807) is 4.90 Å². The summed E-state index contributed by atoms with van der Waals surface area (Å²) >= 11 is 0. The highest BCUT2D eigenvalue weighted by Gasteiger charge is 2.40. The molecule has 1 aliphatic carbocycles. The van der Waals surface area contributed by atoms with Gasteiger partial charge in [0.25, 0.3) is 11.7 Å². The van der Waals surface area contributed by atoms with Gasteiger partial charge in [-0.05, 0) is 31.4 Å². The van der Waals surface area contributed by atoms with Gasteiger partial charge in [0.1, 0.15) is 0 Å². The van der Waals surface area contributed by atoms with Gasteiger partial charge < -0.3 is 9.88 Å². The molecule has 29 heavy (non-hydrogen) atoms. The van der Waals surface area contributed by atoms with Crippen LogP contribution in [-0.2, 0) is 4.79 Å². The smallest absolute Gasteiger partial charge is 0.295 e. The topological polar surface area (TPSA) is 56.4 Å². The Morgan fingerprint density at radius 1 is 0.966 bits per heavy atom. The van der Waals surface area contributed by atoms with Crippen LogP contribution < -0.4 is 0 Å². The van der Waals surface area contributed by atoms with E-state index in [0.717, 1.165) is 35.2 Å². The normalized spacial score (nSPS) is 20.2. The van der Waals surface area contributed by atoms with Crippen LogP contribution in [0, 0.1) is 6.92 Å². The second-order valence-corrected chi connectivity index (χ2v) is 8.15. The number of aromatic nitrogens is 1. The molecule has 148 valence electrons. The predicted octanol–water partition coefficient (Wildman–Crippen LogP) is 3.71. The third-order valence-corrected chi connectivity index (χ3v) is 6.24. The first-order valence-electron chi connectivity index (χ1n) is 10.3. The SMILES string of the molecule is Cc1[nH]c2ccccc2c1C(=O)C(=O)N1CCN(C2CC2)CC1c1ccccc1. The zero-order valence-corrected chi connectivity index (χ0v) is 16.6. The number of ketones is 1. The predicted molar refractivity (Wildman–Crippen MR) is 113 cm³/mol. The quantitative estimate of drug-likeness (QED) is 0.548. The van der Waals surface area contributed by atoms with Crippen molar-refractivity contribution in [2.24, 2.45) is 0 Å². The van der Waals surface area contributed by atoms with Crippen molar-refractivity contribution in [3.05, 3.63) is 71.4 Å². The van der Waals surface area contributed by atoms with Crippen molar-refractivity contribution in [1.29, 1.82) is 0 Å². The summed E-state index contributed by atoms with van der Waals surface area (Å²) in [5.74, 6) is -0.817. The molecule has 1 unspecified atom stereocenters. The van der Waals surface area contributed by atoms with Gasteiger partial charge in [0, 0.05) is 42.3 Å². The average molecular weight is 387 g/mol. The fraction of sp³-hybridized carbons (Fsp3) is 0.333. The van der Waals surface area contributed by atoms with E-state index in [-0.39, 0.29) is 6.04 Å². The molecule has 1 N–H and O–H groups in total. The lowest BCUT2D eigenvalue weighted by molar-refractivity contribution is -0.131. The molecule has 0 bridgehead atoms. The van der Waals surface area contributed by atoms with Gasteiger partial charge in [0.2, 0.25) is 0 Å². The summed E-state index contributed by atoms with van der Waals surface area (Å²) in [5, 5.41) is 0.816. The number of aryl methyl sites for hydroxylation is 1. The van der Waals surface area contributed by atoms with E-state index >= 15 is 0 Å². The Balaban J connectivity index is 1.48. The first-order valence-corrected chi connectivity index (χ1v) is 10.3. The molecular formula is C24H25N3O2. The Labute approximate surface area is 170 Å². The lowest BCUT2D eigenvalue weighted by Gasteiger charge is -2.41. The van der Waals surface area contributed by atoms with E-state index in [1.165, 1.54) is 12.8 Å². The van der Waals surface area contributed by atoms with Gasteiger partial charge in [-0.25, -0.2) is 0 Å². The Hall–Kier alpha value is -2.92. The second-order valence-electron chi connectivity index (χ2n) is 8.15. The molecule has 3 aromatic rings. The molecule has 2 aromatic carbocycles. The Morgan fingerprint density at radius 3 is 2.45 bits per heavy atom. The average Bonchev–Trinajstić information content (AvgIpc) is 3.55. The van der Waals surface area contributed by atoms with Crippen LogP contribution in [0.3, 0.4) is 0 Å². The number of para-hydroxylation sites is 1. The van der Waals surface area contributed by atoms with Crippen molar-refractivity contribution in [2.75, 3.05) is 19.6 Å². The molecule has 1 aliphatic heterocycles. The van der Waals surface area contributed by atoms with Gasteiger partial charge in [0.15, 0.2) is 0 Å². The summed E-state index contributed by atoms with van der Waals surface area (Å²) in [5.41, 5.74) is 3.23. The zero-order chi connectivity index (χ0) is 20.0. The van der Waals surface area contributed by atoms with Crippen LogP contribution in [0.25, 0.3) is 10.9 Å². The van der Waals surface area contributed by atoms with E-state index in [9.17, 15) is 9.59 Å². The third kappa shape index (κ3) is 3.25. The number of hydrogen-bond donors (Lipinski definition) is 1. The molecule has 2 aliphatic rings. The number of fused-ring (bicyclic) bond motifs is 1. The molecule has 1 atom stereocenters. The van der Waals surface area contributed by atoms with Crippen molar-refractivity contribution < 1.29 is 9.59 Å². The molecule has 1 saturated carbocycles. The van der Waals surface area contributed by atoms with Crippen LogP contribution in [0.15, 0.2) is 54.6 Å². The minimum absolute atomic E-state index is 0.0903. The number of amides is 1. The number of nitrogens with zero attached hydrogens (tertiary/aromatic N) is 2. The maximum atomic E-state index is 13.4. The van der Waals surface area contributed by atoms with Crippen molar-refractivity contribution in [3.8, 4) is 0 Å². The molecule has 2 fully saturated rings. The number of nitrogens with one attached hydrogen (secondary N) is 1. The fourth-order valence-electron chi connectivity index (χ4n) is 4.59. The third-order valence-electron chi connectivity index (χ3n) is 6.24. The molecule has 2 heterocycles. The molecule has 5 nitrogen and oxygen atoms in total. The van der Waals surface area contributed by atoms with Crippen molar-refractivity contribution in [3.63, 3.8) is 0 Å². The molecule has 1 amide bonds. The number of aromatic amines is 1. The maximum absolute atomic E-state index is 13.4. The molecule has 5 rings (SSSR count). The van der Waals surface area contributed by atoms with Crippen molar-refractivity contribution >= 4 is 22.6 Å². The standard InChI is InChI=1S/C24H25N3O2/c1-16-22(19-9-5-6-10-20(19)25-16)23(28)24(29)27-14-13-26(18-11-12-18)15-21(27)17-7-3-2-4-8-17/h2-10,18,21,25H,11-15H2,1H3. The number of Topliss-reactive ketones (excluding diaryl/α,β-unsaturated/α-hetero) is 1. The van der Waals surface area contributed by atoms with Crippen LogP contribution >= 0.6 is 0 Å². The Bertz CT molecular complexity index is 1070. The summed E-state index contributed by atoms with van der Waals surface area (Å²) in [6, 6.07) is 18.3. The summed E-state index contributed by atoms with van der Waals surface area (Å²) in [6.07, 6.45) is 2.48. The molecule has 0 spiro atoms. The van der Waals surface area contributed by atoms with Gasteiger partial charge in [-0.15, -0.1) is 0 Å². The molecule has 1 saturated heterocycles. The van der Waals surface area contributed by atoms with Gasteiger partial charge in [-0.2, -0.15) is 0 Å². The summed E-state index contributed by atoms with van der Waals surface area (Å²) in [6.45, 7) is 4.07. The van der Waals surface area contributed by atoms with Crippen molar-refractivity contribution in [2.45, 2.75) is 31.8 Å². The lowest BCUT2D eigenvalue weighted by Crippen LogP contribution is -2.52. The van der Waals surface area contributed by atoms with E-state index < -0.39 is 11.7 Å². The van der Waals surface area contributed by atoms with Gasteiger partial charge in [-0.3, -0.25) is 14.5 Å². The number of H-pyrrole nitrogens is 1. The van der Waals surface area contributed by atoms with Crippen LogP contribution in [0.4, 0.5) is 0 Å². The molecular weight excluding hydrogens is 362 g/mol. The molecule has 0 radical (unpaired) electrons. The van der Waals surface area contributed by atoms with Crippen LogP contribution in [0.2, 0.25) is 0 Å². The minimum atomic E-state index is -0.416. The minimum Gasteiger partial charge on any atom is -0.358 e. The van der Waals surface area contributed by atoms with E-state index in [2.05, 4.69) is 22.0 Å². The number of carbonyl (C=O) groups is 2. The maximum Gasteiger partial charge on any atom is 0.295 e. The first kappa shape index (κ1) is 18.1. The van der Waals surface area contributed by atoms with Gasteiger partial charge in [0.05, 0.1) is 11.6 Å². The second kappa shape index (κ2) is 7.16. The largest absolute Gasteiger partial charge is 0.358 e. The van der Waals surface area contributed by atoms with Crippen LogP contribution in [0.5, 0.6) is 0 Å². The monoisotopic (exact) mass is 387 g/mol. The molecule has 5 heteroatoms. The van der Waals surface area contributed by atoms with Crippen LogP contribution in [0.1, 0.15) is 40.5 Å². The fourth-order valence-corrected chi connectivity index (χ4v) is 4.59. The van der Waals surface area contributed by atoms with E-state index in [1.807, 2.05) is 49.4 Å². The van der Waals surface area contributed by atoms with Gasteiger partial charge in [-0.1, -0.05) is 48.5 Å². The Morgan fingerprint density at radius 2 is 1.69 bits per heavy atom. The highest BCUT2D eigenvalue weighted by atomic mass is 16.2. The lowest BCUT2D eigenvalue weighted by atomic mass is 9.99. The Kier molecular flexibility index (Phi) is 4.47. The number of carbonyl (C=O) groups excluding carboxylic acids is 2. The van der Waals surface area contributed by atoms with Crippen molar-refractivity contribution in [1.82, 2.24) is 14.8 Å². The highest BCUT2D eigenvalue weighted by Crippen LogP contribution is 2.34.